The van der Waals surface area contributed by atoms with Crippen LogP contribution in [0.25, 0.3) is 11.0 Å². The van der Waals surface area contributed by atoms with Gasteiger partial charge in [0, 0.05) is 6.04 Å². The van der Waals surface area contributed by atoms with Crippen molar-refractivity contribution in [3.63, 3.8) is 0 Å². The number of nitrogens with zero attached hydrogens (tertiary/aromatic N) is 2. The number of rotatable bonds is 2. The highest BCUT2D eigenvalue weighted by Gasteiger charge is 2.32. The Kier molecular flexibility index (Phi) is 3.47. The summed E-state index contributed by atoms with van der Waals surface area (Å²) in [5.41, 5.74) is 2.02. The van der Waals surface area contributed by atoms with Gasteiger partial charge in [-0.1, -0.05) is 31.4 Å². The van der Waals surface area contributed by atoms with Gasteiger partial charge in [0.15, 0.2) is 0 Å². The van der Waals surface area contributed by atoms with Crippen molar-refractivity contribution < 1.29 is 9.90 Å². The minimum atomic E-state index is -0.672. The lowest BCUT2D eigenvalue weighted by Crippen LogP contribution is -2.26. The molecule has 0 saturated heterocycles. The molecular formula is C16H20N2O2. The van der Waals surface area contributed by atoms with Crippen molar-refractivity contribution >= 4 is 17.0 Å². The summed E-state index contributed by atoms with van der Waals surface area (Å²) in [5.74, 6) is -0.0489. The number of carboxylic acids is 1. The molecule has 0 bridgehead atoms. The maximum absolute atomic E-state index is 11.6. The number of para-hydroxylation sites is 2. The number of fused-ring (bicyclic) bond motifs is 1. The first-order valence-corrected chi connectivity index (χ1v) is 7.35. The lowest BCUT2D eigenvalue weighted by molar-refractivity contribution is -0.143. The van der Waals surface area contributed by atoms with E-state index >= 15 is 0 Å². The molecule has 1 N–H and O–H groups in total. The summed E-state index contributed by atoms with van der Waals surface area (Å²) >= 11 is 0. The molecule has 0 radical (unpaired) electrons. The van der Waals surface area contributed by atoms with Crippen molar-refractivity contribution in [3.05, 3.63) is 30.1 Å². The largest absolute Gasteiger partial charge is 0.481 e. The van der Waals surface area contributed by atoms with Crippen LogP contribution in [0, 0.1) is 12.8 Å². The van der Waals surface area contributed by atoms with Crippen LogP contribution in [0.4, 0.5) is 0 Å². The van der Waals surface area contributed by atoms with Crippen LogP contribution >= 0.6 is 0 Å². The van der Waals surface area contributed by atoms with Crippen LogP contribution in [0.2, 0.25) is 0 Å². The molecule has 0 spiro atoms. The van der Waals surface area contributed by atoms with Crippen molar-refractivity contribution in [1.82, 2.24) is 9.55 Å². The van der Waals surface area contributed by atoms with Gasteiger partial charge < -0.3 is 9.67 Å². The van der Waals surface area contributed by atoms with Gasteiger partial charge >= 0.3 is 5.97 Å². The number of aliphatic carboxylic acids is 1. The Labute approximate surface area is 118 Å². The molecule has 2 aromatic rings. The van der Waals surface area contributed by atoms with Crippen molar-refractivity contribution in [3.8, 4) is 0 Å². The van der Waals surface area contributed by atoms with E-state index in [0.717, 1.165) is 49.0 Å². The highest BCUT2D eigenvalue weighted by Crippen LogP contribution is 2.36. The Morgan fingerprint density at radius 3 is 2.80 bits per heavy atom. The predicted molar refractivity (Wildman–Crippen MR) is 77.7 cm³/mol. The second-order valence-electron chi connectivity index (χ2n) is 5.67. The van der Waals surface area contributed by atoms with Crippen molar-refractivity contribution in [2.24, 2.45) is 5.92 Å². The number of carbonyl (C=O) groups is 1. The van der Waals surface area contributed by atoms with Gasteiger partial charge in [-0.2, -0.15) is 0 Å². The standard InChI is InChI=1S/C16H20N2O2/c1-11-17-13-8-5-6-10-15(13)18(11)14-9-4-2-3-7-12(14)16(19)20/h5-6,8,10,12,14H,2-4,7,9H2,1H3,(H,19,20). The van der Waals surface area contributed by atoms with Crippen LogP contribution in [0.5, 0.6) is 0 Å². The zero-order valence-corrected chi connectivity index (χ0v) is 11.7. The highest BCUT2D eigenvalue weighted by atomic mass is 16.4. The highest BCUT2D eigenvalue weighted by molar-refractivity contribution is 5.77. The monoisotopic (exact) mass is 272 g/mol. The average molecular weight is 272 g/mol. The molecule has 3 rings (SSSR count). The summed E-state index contributed by atoms with van der Waals surface area (Å²) in [7, 11) is 0. The lowest BCUT2D eigenvalue weighted by atomic mass is 9.94. The third kappa shape index (κ3) is 2.19. The topological polar surface area (TPSA) is 55.1 Å². The third-order valence-electron chi connectivity index (χ3n) is 4.40. The number of benzene rings is 1. The molecule has 1 fully saturated rings. The van der Waals surface area contributed by atoms with E-state index in [9.17, 15) is 9.90 Å². The molecule has 1 aliphatic carbocycles. The number of aryl methyl sites for hydroxylation is 1. The molecule has 4 heteroatoms. The van der Waals surface area contributed by atoms with Gasteiger partial charge in [0.1, 0.15) is 5.82 Å². The van der Waals surface area contributed by atoms with Crippen molar-refractivity contribution in [2.45, 2.75) is 45.1 Å². The minimum Gasteiger partial charge on any atom is -0.481 e. The second kappa shape index (κ2) is 5.27. The van der Waals surface area contributed by atoms with E-state index in [1.54, 1.807) is 0 Å². The van der Waals surface area contributed by atoms with Gasteiger partial charge in [0.25, 0.3) is 0 Å². The number of hydrogen-bond donors (Lipinski definition) is 1. The van der Waals surface area contributed by atoms with Gasteiger partial charge in [-0.05, 0) is 31.9 Å². The van der Waals surface area contributed by atoms with E-state index in [2.05, 4.69) is 9.55 Å². The quantitative estimate of drug-likeness (QED) is 0.850. The molecule has 1 heterocycles. The summed E-state index contributed by atoms with van der Waals surface area (Å²) in [6, 6.07) is 8.03. The van der Waals surface area contributed by atoms with E-state index in [4.69, 9.17) is 0 Å². The lowest BCUT2D eigenvalue weighted by Gasteiger charge is -2.25. The van der Waals surface area contributed by atoms with Crippen LogP contribution in [0.3, 0.4) is 0 Å². The van der Waals surface area contributed by atoms with Gasteiger partial charge in [0.05, 0.1) is 17.0 Å². The smallest absolute Gasteiger partial charge is 0.308 e. The molecule has 1 aliphatic rings. The molecule has 1 saturated carbocycles. The number of carboxylic acid groups (broad SMARTS) is 1. The molecule has 2 atom stereocenters. The maximum Gasteiger partial charge on any atom is 0.308 e. The molecule has 1 aromatic carbocycles. The van der Waals surface area contributed by atoms with Crippen LogP contribution in [-0.4, -0.2) is 20.6 Å². The van der Waals surface area contributed by atoms with E-state index in [1.807, 2.05) is 31.2 Å². The van der Waals surface area contributed by atoms with E-state index in [1.165, 1.54) is 0 Å². The zero-order chi connectivity index (χ0) is 14.1. The van der Waals surface area contributed by atoms with E-state index < -0.39 is 5.97 Å². The Hall–Kier alpha value is -1.84. The molecule has 0 aliphatic heterocycles. The summed E-state index contributed by atoms with van der Waals surface area (Å²) in [6.07, 6.45) is 4.94. The molecule has 1 aromatic heterocycles. The van der Waals surface area contributed by atoms with Gasteiger partial charge in [-0.15, -0.1) is 0 Å². The fraction of sp³-hybridized carbons (Fsp3) is 0.500. The van der Waals surface area contributed by atoms with E-state index in [-0.39, 0.29) is 12.0 Å². The van der Waals surface area contributed by atoms with Gasteiger partial charge in [-0.25, -0.2) is 4.98 Å². The summed E-state index contributed by atoms with van der Waals surface area (Å²) in [5, 5.41) is 9.56. The number of aromatic nitrogens is 2. The second-order valence-corrected chi connectivity index (χ2v) is 5.67. The van der Waals surface area contributed by atoms with Crippen LogP contribution in [0.1, 0.15) is 44.0 Å². The fourth-order valence-corrected chi connectivity index (χ4v) is 3.47. The first-order chi connectivity index (χ1) is 9.68. The number of hydrogen-bond acceptors (Lipinski definition) is 2. The predicted octanol–water partition coefficient (Wildman–Crippen LogP) is 3.55. The number of imidazole rings is 1. The van der Waals surface area contributed by atoms with Crippen molar-refractivity contribution in [2.75, 3.05) is 0 Å². The third-order valence-corrected chi connectivity index (χ3v) is 4.40. The molecule has 0 amide bonds. The zero-order valence-electron chi connectivity index (χ0n) is 11.7. The van der Waals surface area contributed by atoms with Gasteiger partial charge in [-0.3, -0.25) is 4.79 Å². The van der Waals surface area contributed by atoms with Crippen LogP contribution < -0.4 is 0 Å². The maximum atomic E-state index is 11.6. The van der Waals surface area contributed by atoms with Crippen LogP contribution in [-0.2, 0) is 4.79 Å². The molecule has 4 nitrogen and oxygen atoms in total. The normalized spacial score (nSPS) is 23.6. The van der Waals surface area contributed by atoms with Crippen molar-refractivity contribution in [1.29, 1.82) is 0 Å². The first kappa shape index (κ1) is 13.2. The van der Waals surface area contributed by atoms with Crippen LogP contribution in [0.15, 0.2) is 24.3 Å². The van der Waals surface area contributed by atoms with E-state index in [0.29, 0.717) is 0 Å². The Bertz CT molecular complexity index is 632. The molecule has 2 unspecified atom stereocenters. The summed E-state index contributed by atoms with van der Waals surface area (Å²) in [6.45, 7) is 1.98. The molecule has 20 heavy (non-hydrogen) atoms. The average Bonchev–Trinajstić information content (AvgIpc) is 2.61. The summed E-state index contributed by atoms with van der Waals surface area (Å²) in [4.78, 5) is 16.2. The van der Waals surface area contributed by atoms with Gasteiger partial charge in [0.2, 0.25) is 0 Å². The minimum absolute atomic E-state index is 0.0300. The SMILES string of the molecule is Cc1nc2ccccc2n1C1CCCCCC1C(=O)O. The fourth-order valence-electron chi connectivity index (χ4n) is 3.47. The Morgan fingerprint density at radius 2 is 2.00 bits per heavy atom. The summed E-state index contributed by atoms with van der Waals surface area (Å²) < 4.78 is 2.15. The first-order valence-electron chi connectivity index (χ1n) is 7.35. The Balaban J connectivity index is 2.11. The Morgan fingerprint density at radius 1 is 1.25 bits per heavy atom. The molecule has 106 valence electrons. The molecular weight excluding hydrogens is 252 g/mol.